The van der Waals surface area contributed by atoms with Crippen molar-refractivity contribution in [2.45, 2.75) is 245 Å². The summed E-state index contributed by atoms with van der Waals surface area (Å²) < 4.78 is 12.1. The van der Waals surface area contributed by atoms with E-state index >= 15 is 0 Å². The second-order valence-corrected chi connectivity index (χ2v) is 41.1. The van der Waals surface area contributed by atoms with Crippen molar-refractivity contribution in [3.8, 4) is 6.07 Å². The van der Waals surface area contributed by atoms with Gasteiger partial charge < -0.3 is 31.7 Å². The number of carbonyl (C=O) groups is 6. The van der Waals surface area contributed by atoms with Crippen LogP contribution < -0.4 is 26.6 Å². The molecule has 25 heteroatoms. The summed E-state index contributed by atoms with van der Waals surface area (Å²) in [6, 6.07) is 3.22. The van der Waals surface area contributed by atoms with Crippen molar-refractivity contribution in [3.63, 3.8) is 0 Å². The van der Waals surface area contributed by atoms with E-state index in [0.29, 0.717) is 60.5 Å². The Kier molecular flexibility index (Phi) is 34.2. The number of hydrogen-bond acceptors (Lipinski definition) is 10. The summed E-state index contributed by atoms with van der Waals surface area (Å²) >= 11 is 40.6. The number of carbonyl (C=O) groups excluding carboxylic acids is 5. The number of Topliss-reactive ketones (excluding diaryl/α,β-unsaturated/α-hetero) is 1. The van der Waals surface area contributed by atoms with E-state index in [1.54, 1.807) is 6.07 Å². The van der Waals surface area contributed by atoms with Crippen LogP contribution in [0.25, 0.3) is 0 Å². The molecule has 0 aromatic rings. The summed E-state index contributed by atoms with van der Waals surface area (Å²) in [5.74, 6) is 2.69. The number of carboxylic acid groups (broad SMARTS) is 1. The number of carboxylic acids is 1. The molecule has 15 nitrogen and oxygen atoms in total. The zero-order valence-electron chi connectivity index (χ0n) is 45.1. The Bertz CT molecular complexity index is 2090. The molecular weight excluding hydrogens is 1390 g/mol. The molecule has 6 aliphatic carbocycles. The SMILES string of the molecule is C=CC#N.ClP(Cl)(Cl)(Cl)Cl.O=C(O)[C@H]1CC2CCCCC2N1.O=C1CCC2=C(CCCC2)N1.O=C1CCC2CCCCC2N1.O=C1CCCCC1.O=C1NC2CCCCC2CC1(Cl)Cl.O=C1NC2CCCCC2CC1Cl.[O]=[Pt]=[O]. The number of hydrogen-bond donors (Lipinski definition) is 6. The molecule has 9 fully saturated rings. The van der Waals surface area contributed by atoms with Crippen molar-refractivity contribution in [3.05, 3.63) is 23.9 Å². The molecule has 79 heavy (non-hydrogen) atoms. The van der Waals surface area contributed by atoms with Crippen molar-refractivity contribution >= 4 is 130 Å². The molecule has 11 aliphatic rings. The number of aliphatic carboxylic acids is 1. The first-order valence-electron chi connectivity index (χ1n) is 28.2. The van der Waals surface area contributed by atoms with Crippen LogP contribution in [-0.4, -0.2) is 80.4 Å². The van der Waals surface area contributed by atoms with Gasteiger partial charge in [0.2, 0.25) is 17.7 Å². The van der Waals surface area contributed by atoms with Crippen molar-refractivity contribution in [1.29, 1.82) is 5.26 Å². The Morgan fingerprint density at radius 1 is 0.608 bits per heavy atom. The topological polar surface area (TPSA) is 241 Å². The number of amides is 4. The Labute approximate surface area is 515 Å². The van der Waals surface area contributed by atoms with Crippen LogP contribution in [0, 0.1) is 35.0 Å². The second-order valence-electron chi connectivity index (χ2n) is 22.1. The van der Waals surface area contributed by atoms with Gasteiger partial charge in [0.05, 0.1) is 6.07 Å². The molecule has 4 amide bonds. The quantitative estimate of drug-likeness (QED) is 0.0820. The number of ketones is 1. The summed E-state index contributed by atoms with van der Waals surface area (Å²) in [6.45, 7) is 3.12. The molecule has 6 N–H and O–H groups in total. The molecule has 0 spiro atoms. The molecule has 0 radical (unpaired) electrons. The zero-order chi connectivity index (χ0) is 58.6. The summed E-state index contributed by atoms with van der Waals surface area (Å²) in [4.78, 5) is 65.7. The Morgan fingerprint density at radius 3 is 1.59 bits per heavy atom. The number of alkyl halides is 3. The third-order valence-corrected chi connectivity index (χ3v) is 17.3. The molecule has 0 aromatic carbocycles. The van der Waals surface area contributed by atoms with Crippen molar-refractivity contribution in [2.75, 3.05) is 0 Å². The number of allylic oxidation sites excluding steroid dienone is 3. The third kappa shape index (κ3) is 30.1. The van der Waals surface area contributed by atoms with Gasteiger partial charge in [0.15, 0.2) is 4.33 Å². The number of nitriles is 1. The molecule has 5 saturated carbocycles. The summed E-state index contributed by atoms with van der Waals surface area (Å²) in [5, 5.41) is 31.2. The fourth-order valence-electron chi connectivity index (χ4n) is 12.3. The molecular formula is C54H83Cl8N6O9PPt. The van der Waals surface area contributed by atoms with E-state index in [1.165, 1.54) is 127 Å². The van der Waals surface area contributed by atoms with Gasteiger partial charge >= 0.3 is 90.8 Å². The van der Waals surface area contributed by atoms with Gasteiger partial charge in [-0.25, -0.2) is 0 Å². The molecule has 5 heterocycles. The maximum absolute atomic E-state index is 11.4. The molecule has 11 rings (SSSR count). The van der Waals surface area contributed by atoms with E-state index in [4.69, 9.17) is 108 Å². The summed E-state index contributed by atoms with van der Waals surface area (Å²) in [7, 11) is 0. The average Bonchev–Trinajstić information content (AvgIpc) is 3.86. The van der Waals surface area contributed by atoms with Gasteiger partial charge in [0.1, 0.15) is 17.2 Å². The van der Waals surface area contributed by atoms with Gasteiger partial charge in [0.25, 0.3) is 5.91 Å². The molecule has 454 valence electrons. The van der Waals surface area contributed by atoms with Crippen molar-refractivity contribution in [1.82, 2.24) is 26.6 Å². The van der Waals surface area contributed by atoms with Crippen LogP contribution >= 0.6 is 94.4 Å². The molecule has 5 aliphatic heterocycles. The molecule has 0 aromatic heterocycles. The first-order valence-corrected chi connectivity index (χ1v) is 38.0. The van der Waals surface area contributed by atoms with Crippen molar-refractivity contribution in [2.24, 2.45) is 23.7 Å². The second kappa shape index (κ2) is 37.4. The van der Waals surface area contributed by atoms with Gasteiger partial charge in [-0.15, -0.1) is 11.6 Å². The Morgan fingerprint density at radius 2 is 1.08 bits per heavy atom. The Balaban J connectivity index is 0.000000240. The van der Waals surface area contributed by atoms with Crippen LogP contribution in [-0.2, 0) is 54.1 Å². The minimum absolute atomic E-state index is 0.0415. The average molecular weight is 1470 g/mol. The number of nitrogens with one attached hydrogen (secondary N) is 5. The molecule has 4 saturated heterocycles. The fourth-order valence-corrected chi connectivity index (χ4v) is 13.1. The standard InChI is InChI=1S/C9H13Cl2NO.C9H14ClNO.C9H15NO2.C9H15NO.C9H13NO.C6H10O.C3H3N.Cl5P.2O.Pt/c10-9(11)5-6-3-1-2-4-7(6)12-8(9)13;10-7-5-6-3-1-2-4-8(6)11-9(7)12;11-9(12)8-5-6-3-1-2-4-7(6)10-8;2*11-9-6-5-7-3-1-2-4-8(7)10-9;7-6-4-2-1-3-5-6;1-2-3-4;1-6(2,3,4)5;;;/h6-7H,1-5H2,(H,12,13);6-8H,1-5H2,(H,11,12);6-8,10H,1-5H2,(H,11,12);7-8H,1-6H2,(H,10,11);1-6H2,(H,10,11);1-5H2;2H,1H2;;;;/t;;6?,7?,8-;;;;;;;;/m..1......../s1. The summed E-state index contributed by atoms with van der Waals surface area (Å²) in [6.07, 6.45) is 37.1. The number of nitrogens with zero attached hydrogens (tertiary/aromatic N) is 1. The third-order valence-electron chi connectivity index (χ3n) is 16.3. The van der Waals surface area contributed by atoms with Crippen LogP contribution in [0.5, 0.6) is 0 Å². The Hall–Kier alpha value is -1.01. The maximum atomic E-state index is 11.4. The van der Waals surface area contributed by atoms with Gasteiger partial charge in [-0.1, -0.05) is 93.1 Å². The van der Waals surface area contributed by atoms with E-state index in [9.17, 15) is 28.8 Å². The predicted molar refractivity (Wildman–Crippen MR) is 313 cm³/mol. The van der Waals surface area contributed by atoms with E-state index in [2.05, 4.69) is 33.2 Å². The van der Waals surface area contributed by atoms with E-state index in [1.807, 2.05) is 0 Å². The van der Waals surface area contributed by atoms with Crippen molar-refractivity contribution < 1.29 is 59.2 Å². The zero-order valence-corrected chi connectivity index (χ0v) is 54.3. The van der Waals surface area contributed by atoms with E-state index < -0.39 is 32.2 Å². The van der Waals surface area contributed by atoms with Crippen LogP contribution in [0.2, 0.25) is 0 Å². The van der Waals surface area contributed by atoms with Gasteiger partial charge in [0, 0.05) is 61.6 Å². The van der Waals surface area contributed by atoms with Gasteiger partial charge in [-0.2, -0.15) is 5.26 Å². The van der Waals surface area contributed by atoms with Gasteiger partial charge in [-0.3, -0.25) is 28.8 Å². The predicted octanol–water partition coefficient (Wildman–Crippen LogP) is 14.4. The first kappa shape index (κ1) is 72.2. The molecule has 0 bridgehead atoms. The summed E-state index contributed by atoms with van der Waals surface area (Å²) in [5.41, 5.74) is 2.75. The number of piperidine rings is 3. The molecule has 10 atom stereocenters. The first-order chi connectivity index (χ1) is 37.3. The van der Waals surface area contributed by atoms with Crippen LogP contribution in [0.4, 0.5) is 0 Å². The van der Waals surface area contributed by atoms with Crippen LogP contribution in [0.15, 0.2) is 23.9 Å². The number of rotatable bonds is 1. The number of halogens is 8. The normalized spacial score (nSPS) is 31.3. The van der Waals surface area contributed by atoms with E-state index in [-0.39, 0.29) is 35.0 Å². The number of fused-ring (bicyclic) bond motifs is 4. The van der Waals surface area contributed by atoms with Crippen LogP contribution in [0.3, 0.4) is 0 Å². The minimum atomic E-state index is -3.69. The monoisotopic (exact) mass is 1470 g/mol. The molecule has 9 unspecified atom stereocenters. The van der Waals surface area contributed by atoms with Gasteiger partial charge in [-0.05, 0) is 146 Å². The van der Waals surface area contributed by atoms with Crippen LogP contribution in [0.1, 0.15) is 205 Å². The fraction of sp³-hybridized carbons (Fsp3) is 0.796. The van der Waals surface area contributed by atoms with E-state index in [0.717, 1.165) is 89.4 Å².